The molecule has 1 unspecified atom stereocenters. The van der Waals surface area contributed by atoms with Crippen molar-refractivity contribution in [3.63, 3.8) is 0 Å². The highest BCUT2D eigenvalue weighted by atomic mass is 15.0. The largest absolute Gasteiger partial charge is 0.354 e. The molecule has 1 aromatic rings. The van der Waals surface area contributed by atoms with Gasteiger partial charge in [-0.3, -0.25) is 0 Å². The Hall–Kier alpha value is -0.760. The Bertz CT molecular complexity index is 319. The Balaban J connectivity index is 2.17. The average molecular weight is 206 g/mol. The Labute approximate surface area is 92.7 Å². The lowest BCUT2D eigenvalue weighted by Crippen LogP contribution is -2.47. The van der Waals surface area contributed by atoms with E-state index in [9.17, 15) is 0 Å². The highest BCUT2D eigenvalue weighted by molar-refractivity contribution is 5.13. The van der Waals surface area contributed by atoms with Crippen LogP contribution in [0.25, 0.3) is 0 Å². The molecule has 1 aromatic heterocycles. The quantitative estimate of drug-likeness (QED) is 0.803. The molecule has 0 aliphatic carbocycles. The second-order valence-corrected chi connectivity index (χ2v) is 5.13. The van der Waals surface area contributed by atoms with Gasteiger partial charge in [-0.15, -0.1) is 0 Å². The van der Waals surface area contributed by atoms with Crippen LogP contribution < -0.4 is 5.32 Å². The molecule has 2 rings (SSSR count). The lowest BCUT2D eigenvalue weighted by molar-refractivity contribution is 0.265. The molecule has 2 heterocycles. The van der Waals surface area contributed by atoms with E-state index in [4.69, 9.17) is 0 Å². The van der Waals surface area contributed by atoms with Crippen molar-refractivity contribution in [3.8, 4) is 0 Å². The minimum atomic E-state index is 0.339. The van der Waals surface area contributed by atoms with Crippen LogP contribution in [0.15, 0.2) is 18.3 Å². The molecule has 1 atom stereocenters. The van der Waals surface area contributed by atoms with Gasteiger partial charge in [0.25, 0.3) is 0 Å². The van der Waals surface area contributed by atoms with Crippen LogP contribution >= 0.6 is 0 Å². The molecule has 0 amide bonds. The third-order valence-corrected chi connectivity index (χ3v) is 3.93. The second kappa shape index (κ2) is 4.01. The molecule has 84 valence electrons. The smallest absolute Gasteiger partial charge is 0.0259 e. The fraction of sp³-hybridized carbons (Fsp3) is 0.692. The number of aromatic nitrogens is 1. The van der Waals surface area contributed by atoms with E-state index in [1.54, 1.807) is 0 Å². The van der Waals surface area contributed by atoms with Gasteiger partial charge in [0, 0.05) is 30.9 Å². The molecular weight excluding hydrogens is 184 g/mol. The first-order chi connectivity index (χ1) is 7.14. The summed E-state index contributed by atoms with van der Waals surface area (Å²) in [6, 6.07) is 4.38. The summed E-state index contributed by atoms with van der Waals surface area (Å²) in [6.07, 6.45) is 5.94. The minimum absolute atomic E-state index is 0.339. The first-order valence-corrected chi connectivity index (χ1v) is 5.99. The summed E-state index contributed by atoms with van der Waals surface area (Å²) in [5, 5.41) is 3.72. The zero-order valence-electron chi connectivity index (χ0n) is 10.1. The Morgan fingerprint density at radius 1 is 1.53 bits per heavy atom. The first-order valence-electron chi connectivity index (χ1n) is 5.99. The normalized spacial score (nSPS) is 26.4. The number of aryl methyl sites for hydroxylation is 1. The maximum Gasteiger partial charge on any atom is 0.0259 e. The van der Waals surface area contributed by atoms with Crippen molar-refractivity contribution in [1.29, 1.82) is 0 Å². The summed E-state index contributed by atoms with van der Waals surface area (Å²) in [6.45, 7) is 5.85. The van der Waals surface area contributed by atoms with E-state index in [-0.39, 0.29) is 0 Å². The third kappa shape index (κ3) is 1.96. The molecule has 0 saturated carbocycles. The summed E-state index contributed by atoms with van der Waals surface area (Å²) in [7, 11) is 2.14. The van der Waals surface area contributed by atoms with Gasteiger partial charge in [0.2, 0.25) is 0 Å². The van der Waals surface area contributed by atoms with E-state index in [1.807, 2.05) is 0 Å². The first kappa shape index (κ1) is 10.7. The van der Waals surface area contributed by atoms with Gasteiger partial charge in [-0.05, 0) is 37.4 Å². The van der Waals surface area contributed by atoms with Crippen molar-refractivity contribution < 1.29 is 0 Å². The number of nitrogens with zero attached hydrogens (tertiary/aromatic N) is 1. The van der Waals surface area contributed by atoms with Crippen molar-refractivity contribution in [3.05, 3.63) is 24.0 Å². The van der Waals surface area contributed by atoms with E-state index in [1.165, 1.54) is 25.1 Å². The maximum atomic E-state index is 3.72. The molecule has 1 aliphatic heterocycles. The minimum Gasteiger partial charge on any atom is -0.354 e. The van der Waals surface area contributed by atoms with Crippen LogP contribution in [0.4, 0.5) is 0 Å². The number of hydrogen-bond acceptors (Lipinski definition) is 1. The highest BCUT2D eigenvalue weighted by Gasteiger charge is 2.36. The number of rotatable bonds is 3. The van der Waals surface area contributed by atoms with Gasteiger partial charge in [0.15, 0.2) is 0 Å². The van der Waals surface area contributed by atoms with Crippen LogP contribution in [0.3, 0.4) is 0 Å². The standard InChI is InChI=1S/C13H22N2/c1-11(2)13(7-5-8-14-13)10-12-6-4-9-15(12)3/h4,6,9,11,14H,5,7-8,10H2,1-3H3. The van der Waals surface area contributed by atoms with Crippen molar-refractivity contribution in [2.45, 2.75) is 38.6 Å². The molecular formula is C13H22N2. The lowest BCUT2D eigenvalue weighted by Gasteiger charge is -2.34. The number of nitrogens with one attached hydrogen (secondary N) is 1. The van der Waals surface area contributed by atoms with Crippen molar-refractivity contribution in [1.82, 2.24) is 9.88 Å². The van der Waals surface area contributed by atoms with Crippen LogP contribution in [0, 0.1) is 5.92 Å². The zero-order valence-corrected chi connectivity index (χ0v) is 10.1. The van der Waals surface area contributed by atoms with Crippen molar-refractivity contribution in [2.75, 3.05) is 6.54 Å². The van der Waals surface area contributed by atoms with Gasteiger partial charge in [-0.2, -0.15) is 0 Å². The van der Waals surface area contributed by atoms with Gasteiger partial charge < -0.3 is 9.88 Å². The summed E-state index contributed by atoms with van der Waals surface area (Å²) in [4.78, 5) is 0. The zero-order chi connectivity index (χ0) is 10.9. The lowest BCUT2D eigenvalue weighted by atomic mass is 9.81. The van der Waals surface area contributed by atoms with Crippen LogP contribution in [0.2, 0.25) is 0 Å². The Morgan fingerprint density at radius 3 is 2.80 bits per heavy atom. The molecule has 0 bridgehead atoms. The molecule has 2 heteroatoms. The van der Waals surface area contributed by atoms with Gasteiger partial charge in [-0.25, -0.2) is 0 Å². The maximum absolute atomic E-state index is 3.72. The molecule has 2 nitrogen and oxygen atoms in total. The van der Waals surface area contributed by atoms with Gasteiger partial charge >= 0.3 is 0 Å². The summed E-state index contributed by atoms with van der Waals surface area (Å²) < 4.78 is 2.24. The predicted octanol–water partition coefficient (Wildman–Crippen LogP) is 2.35. The van der Waals surface area contributed by atoms with Gasteiger partial charge in [-0.1, -0.05) is 13.8 Å². The molecule has 15 heavy (non-hydrogen) atoms. The molecule has 0 radical (unpaired) electrons. The van der Waals surface area contributed by atoms with E-state index in [0.29, 0.717) is 11.5 Å². The molecule has 1 N–H and O–H groups in total. The molecule has 1 fully saturated rings. The Morgan fingerprint density at radius 2 is 2.33 bits per heavy atom. The van der Waals surface area contributed by atoms with Crippen molar-refractivity contribution in [2.24, 2.45) is 13.0 Å². The second-order valence-electron chi connectivity index (χ2n) is 5.13. The van der Waals surface area contributed by atoms with Crippen LogP contribution in [-0.4, -0.2) is 16.7 Å². The Kier molecular flexibility index (Phi) is 2.87. The third-order valence-electron chi connectivity index (χ3n) is 3.93. The summed E-state index contributed by atoms with van der Waals surface area (Å²) >= 11 is 0. The molecule has 1 saturated heterocycles. The topological polar surface area (TPSA) is 17.0 Å². The fourth-order valence-electron chi connectivity index (χ4n) is 2.68. The van der Waals surface area contributed by atoms with E-state index in [2.05, 4.69) is 49.1 Å². The number of hydrogen-bond donors (Lipinski definition) is 1. The van der Waals surface area contributed by atoms with E-state index < -0.39 is 0 Å². The van der Waals surface area contributed by atoms with Crippen LogP contribution in [0.1, 0.15) is 32.4 Å². The predicted molar refractivity (Wildman–Crippen MR) is 63.9 cm³/mol. The molecule has 0 aromatic carbocycles. The van der Waals surface area contributed by atoms with E-state index in [0.717, 1.165) is 6.42 Å². The molecule has 1 aliphatic rings. The monoisotopic (exact) mass is 206 g/mol. The average Bonchev–Trinajstić information content (AvgIpc) is 2.78. The summed E-state index contributed by atoms with van der Waals surface area (Å²) in [5.74, 6) is 0.704. The van der Waals surface area contributed by atoms with Crippen molar-refractivity contribution >= 4 is 0 Å². The van der Waals surface area contributed by atoms with Crippen LogP contribution in [-0.2, 0) is 13.5 Å². The summed E-state index contributed by atoms with van der Waals surface area (Å²) in [5.41, 5.74) is 1.78. The van der Waals surface area contributed by atoms with E-state index >= 15 is 0 Å². The SMILES string of the molecule is CC(C)C1(Cc2cccn2C)CCCN1. The fourth-order valence-corrected chi connectivity index (χ4v) is 2.68. The van der Waals surface area contributed by atoms with Gasteiger partial charge in [0.05, 0.1) is 0 Å². The van der Waals surface area contributed by atoms with Gasteiger partial charge in [0.1, 0.15) is 0 Å². The molecule has 0 spiro atoms. The van der Waals surface area contributed by atoms with Crippen LogP contribution in [0.5, 0.6) is 0 Å². The highest BCUT2D eigenvalue weighted by Crippen LogP contribution is 2.31.